The molecule has 2 unspecified atom stereocenters. The van der Waals surface area contributed by atoms with Gasteiger partial charge in [0.25, 0.3) is 0 Å². The van der Waals surface area contributed by atoms with Crippen molar-refractivity contribution in [2.24, 2.45) is 11.7 Å². The summed E-state index contributed by atoms with van der Waals surface area (Å²) in [6.45, 7) is 2.18. The van der Waals surface area contributed by atoms with Crippen molar-refractivity contribution in [3.63, 3.8) is 0 Å². The van der Waals surface area contributed by atoms with Gasteiger partial charge in [-0.15, -0.1) is 0 Å². The Labute approximate surface area is 123 Å². The number of hydrogen-bond acceptors (Lipinski definition) is 3. The zero-order valence-electron chi connectivity index (χ0n) is 10.5. The summed E-state index contributed by atoms with van der Waals surface area (Å²) in [4.78, 5) is 0.00358. The largest absolute Gasteiger partial charge is 0.326 e. The molecule has 1 saturated carbocycles. The van der Waals surface area contributed by atoms with Gasteiger partial charge in [-0.2, -0.15) is 0 Å². The Morgan fingerprint density at radius 2 is 2.11 bits per heavy atom. The van der Waals surface area contributed by atoms with E-state index in [0.29, 0.717) is 16.5 Å². The maximum atomic E-state index is 12.3. The zero-order chi connectivity index (χ0) is 14.2. The first-order valence-corrected chi connectivity index (χ1v) is 8.33. The Kier molecular flexibility index (Phi) is 4.42. The molecule has 106 valence electrons. The molecule has 1 aliphatic rings. The number of benzene rings is 1. The molecule has 0 aromatic heterocycles. The van der Waals surface area contributed by atoms with Crippen molar-refractivity contribution in [3.05, 3.63) is 27.7 Å². The summed E-state index contributed by atoms with van der Waals surface area (Å²) in [5.41, 5.74) is 6.06. The summed E-state index contributed by atoms with van der Waals surface area (Å²) in [7, 11) is -3.65. The quantitative estimate of drug-likeness (QED) is 0.874. The van der Waals surface area contributed by atoms with Gasteiger partial charge in [0.05, 0.1) is 5.02 Å². The van der Waals surface area contributed by atoms with Gasteiger partial charge in [-0.05, 0) is 30.0 Å². The SMILES string of the molecule is CCC1CC1NS(=O)(=O)c1cc(Cl)cc(CN)c1Cl. The average molecular weight is 323 g/mol. The summed E-state index contributed by atoms with van der Waals surface area (Å²) in [5, 5.41) is 0.459. The third-order valence-corrected chi connectivity index (χ3v) is 5.63. The fraction of sp³-hybridized carbons (Fsp3) is 0.500. The maximum absolute atomic E-state index is 12.3. The number of sulfonamides is 1. The Hall–Kier alpha value is -0.330. The third-order valence-electron chi connectivity index (χ3n) is 3.34. The van der Waals surface area contributed by atoms with Gasteiger partial charge in [0.1, 0.15) is 4.90 Å². The Bertz CT molecular complexity index is 590. The highest BCUT2D eigenvalue weighted by Gasteiger charge is 2.39. The predicted molar refractivity (Wildman–Crippen MR) is 76.9 cm³/mol. The number of halogens is 2. The highest BCUT2D eigenvalue weighted by Crippen LogP contribution is 2.36. The summed E-state index contributed by atoms with van der Waals surface area (Å²) >= 11 is 12.0. The van der Waals surface area contributed by atoms with Gasteiger partial charge in [0.2, 0.25) is 10.0 Å². The van der Waals surface area contributed by atoms with Gasteiger partial charge in [-0.25, -0.2) is 13.1 Å². The van der Waals surface area contributed by atoms with Crippen LogP contribution in [0.25, 0.3) is 0 Å². The fourth-order valence-corrected chi connectivity index (χ4v) is 4.33. The monoisotopic (exact) mass is 322 g/mol. The molecule has 1 aromatic carbocycles. The minimum atomic E-state index is -3.65. The summed E-state index contributed by atoms with van der Waals surface area (Å²) in [6.07, 6.45) is 1.84. The normalized spacial score (nSPS) is 22.5. The van der Waals surface area contributed by atoms with Crippen molar-refractivity contribution >= 4 is 33.2 Å². The van der Waals surface area contributed by atoms with Crippen LogP contribution in [-0.2, 0) is 16.6 Å². The Morgan fingerprint density at radius 1 is 1.42 bits per heavy atom. The minimum absolute atomic E-state index is 0.00358. The van der Waals surface area contributed by atoms with Gasteiger partial charge in [-0.3, -0.25) is 0 Å². The van der Waals surface area contributed by atoms with Crippen molar-refractivity contribution in [2.45, 2.75) is 37.2 Å². The standard InChI is InChI=1S/C12H16Cl2N2O2S/c1-2-7-4-10(7)16-19(17,18)11-5-9(13)3-8(6-15)12(11)14/h3,5,7,10,16H,2,4,6,15H2,1H3. The van der Waals surface area contributed by atoms with Gasteiger partial charge in [0.15, 0.2) is 0 Å². The van der Waals surface area contributed by atoms with Crippen LogP contribution in [0.2, 0.25) is 10.0 Å². The number of nitrogens with one attached hydrogen (secondary N) is 1. The number of nitrogens with two attached hydrogens (primary N) is 1. The van der Waals surface area contributed by atoms with E-state index >= 15 is 0 Å². The van der Waals surface area contributed by atoms with Crippen molar-refractivity contribution in [1.29, 1.82) is 0 Å². The fourth-order valence-electron chi connectivity index (χ4n) is 2.07. The highest BCUT2D eigenvalue weighted by molar-refractivity contribution is 7.89. The number of rotatable bonds is 5. The second-order valence-corrected chi connectivity index (χ2v) is 7.21. The molecule has 0 heterocycles. The third kappa shape index (κ3) is 3.23. The lowest BCUT2D eigenvalue weighted by atomic mass is 10.2. The molecule has 1 aliphatic carbocycles. The second kappa shape index (κ2) is 5.58. The molecule has 7 heteroatoms. The van der Waals surface area contributed by atoms with E-state index in [1.54, 1.807) is 6.07 Å². The van der Waals surface area contributed by atoms with Gasteiger partial charge in [-0.1, -0.05) is 36.5 Å². The Balaban J connectivity index is 2.32. The molecule has 0 radical (unpaired) electrons. The molecule has 3 N–H and O–H groups in total. The molecule has 0 bridgehead atoms. The number of hydrogen-bond donors (Lipinski definition) is 2. The molecule has 2 rings (SSSR count). The van der Waals surface area contributed by atoms with Crippen LogP contribution < -0.4 is 10.5 Å². The van der Waals surface area contributed by atoms with Crippen LogP contribution in [-0.4, -0.2) is 14.5 Å². The predicted octanol–water partition coefficient (Wildman–Crippen LogP) is 2.53. The molecule has 0 amide bonds. The van der Waals surface area contributed by atoms with Crippen molar-refractivity contribution < 1.29 is 8.42 Å². The van der Waals surface area contributed by atoms with E-state index in [9.17, 15) is 8.42 Å². The van der Waals surface area contributed by atoms with E-state index in [4.69, 9.17) is 28.9 Å². The topological polar surface area (TPSA) is 72.2 Å². The van der Waals surface area contributed by atoms with Crippen LogP contribution in [0.3, 0.4) is 0 Å². The molecular weight excluding hydrogens is 307 g/mol. The van der Waals surface area contributed by atoms with E-state index in [2.05, 4.69) is 4.72 Å². The van der Waals surface area contributed by atoms with Crippen LogP contribution in [0.1, 0.15) is 25.3 Å². The molecule has 19 heavy (non-hydrogen) atoms. The van der Waals surface area contributed by atoms with E-state index in [1.165, 1.54) is 6.07 Å². The lowest BCUT2D eigenvalue weighted by molar-refractivity contribution is 0.576. The lowest BCUT2D eigenvalue weighted by Gasteiger charge is -2.11. The molecule has 1 fully saturated rings. The van der Waals surface area contributed by atoms with Crippen molar-refractivity contribution in [1.82, 2.24) is 4.72 Å². The molecular formula is C12H16Cl2N2O2S. The first kappa shape index (κ1) is 15.1. The smallest absolute Gasteiger partial charge is 0.242 e. The molecule has 4 nitrogen and oxygen atoms in total. The van der Waals surface area contributed by atoms with Crippen molar-refractivity contribution in [3.8, 4) is 0 Å². The van der Waals surface area contributed by atoms with Crippen LogP contribution in [0.4, 0.5) is 0 Å². The molecule has 0 spiro atoms. The van der Waals surface area contributed by atoms with E-state index in [0.717, 1.165) is 12.8 Å². The molecule has 1 aromatic rings. The van der Waals surface area contributed by atoms with Crippen molar-refractivity contribution in [2.75, 3.05) is 0 Å². The second-order valence-electron chi connectivity index (χ2n) is 4.71. The van der Waals surface area contributed by atoms with Gasteiger partial charge >= 0.3 is 0 Å². The summed E-state index contributed by atoms with van der Waals surface area (Å²) in [5.74, 6) is 0.418. The van der Waals surface area contributed by atoms with E-state index in [1.807, 2.05) is 6.92 Å². The summed E-state index contributed by atoms with van der Waals surface area (Å²) < 4.78 is 27.2. The van der Waals surface area contributed by atoms with Crippen LogP contribution in [0.15, 0.2) is 17.0 Å². The zero-order valence-corrected chi connectivity index (χ0v) is 12.8. The molecule has 0 aliphatic heterocycles. The first-order chi connectivity index (χ1) is 8.89. The molecule has 0 saturated heterocycles. The molecule has 2 atom stereocenters. The van der Waals surface area contributed by atoms with E-state index < -0.39 is 10.0 Å². The Morgan fingerprint density at radius 3 is 2.63 bits per heavy atom. The lowest BCUT2D eigenvalue weighted by Crippen LogP contribution is -2.27. The highest BCUT2D eigenvalue weighted by atomic mass is 35.5. The summed E-state index contributed by atoms with van der Waals surface area (Å²) in [6, 6.07) is 2.94. The van der Waals surface area contributed by atoms with Gasteiger partial charge < -0.3 is 5.73 Å². The van der Waals surface area contributed by atoms with Crippen LogP contribution in [0.5, 0.6) is 0 Å². The average Bonchev–Trinajstić information content (AvgIpc) is 3.09. The van der Waals surface area contributed by atoms with Crippen LogP contribution in [0, 0.1) is 5.92 Å². The van der Waals surface area contributed by atoms with Crippen LogP contribution >= 0.6 is 23.2 Å². The maximum Gasteiger partial charge on any atom is 0.242 e. The van der Waals surface area contributed by atoms with E-state index in [-0.39, 0.29) is 22.5 Å². The van der Waals surface area contributed by atoms with Gasteiger partial charge in [0, 0.05) is 17.6 Å². The first-order valence-electron chi connectivity index (χ1n) is 6.09. The minimum Gasteiger partial charge on any atom is -0.326 e.